The second-order valence-electron chi connectivity index (χ2n) is 6.02. The minimum atomic E-state index is -0.639. The van der Waals surface area contributed by atoms with Gasteiger partial charge in [-0.05, 0) is 24.6 Å². The summed E-state index contributed by atoms with van der Waals surface area (Å²) >= 11 is 0. The first-order valence-electron chi connectivity index (χ1n) is 8.27. The summed E-state index contributed by atoms with van der Waals surface area (Å²) in [7, 11) is 0. The number of carbonyl (C=O) groups is 1. The molecule has 2 N–H and O–H groups in total. The van der Waals surface area contributed by atoms with E-state index >= 15 is 0 Å². The predicted molar refractivity (Wildman–Crippen MR) is 97.7 cm³/mol. The molecule has 1 unspecified atom stereocenters. The third-order valence-electron chi connectivity index (χ3n) is 4.05. The Balaban J connectivity index is 1.43. The quantitative estimate of drug-likeness (QED) is 0.759. The van der Waals surface area contributed by atoms with E-state index in [1.54, 1.807) is 0 Å². The molecule has 7 nitrogen and oxygen atoms in total. The number of nitrogens with one attached hydrogen (secondary N) is 2. The van der Waals surface area contributed by atoms with E-state index in [0.29, 0.717) is 17.9 Å². The minimum Gasteiger partial charge on any atom is -0.382 e. The molecule has 0 saturated heterocycles. The summed E-state index contributed by atoms with van der Waals surface area (Å²) in [6.07, 6.45) is -0.199. The van der Waals surface area contributed by atoms with Crippen molar-refractivity contribution in [3.05, 3.63) is 66.0 Å². The maximum absolute atomic E-state index is 12.5. The molecule has 0 saturated carbocycles. The zero-order valence-electron chi connectivity index (χ0n) is 14.1. The van der Waals surface area contributed by atoms with Crippen molar-refractivity contribution in [1.29, 1.82) is 0 Å². The van der Waals surface area contributed by atoms with Crippen molar-refractivity contribution in [2.75, 3.05) is 5.32 Å². The van der Waals surface area contributed by atoms with Crippen molar-refractivity contribution < 1.29 is 9.63 Å². The van der Waals surface area contributed by atoms with Gasteiger partial charge in [-0.2, -0.15) is 5.10 Å². The van der Waals surface area contributed by atoms with Crippen LogP contribution < -0.4 is 5.32 Å². The molecule has 130 valence electrons. The van der Waals surface area contributed by atoms with Crippen LogP contribution in [-0.2, 0) is 9.63 Å². The minimum absolute atomic E-state index is 0.233. The number of benzene rings is 2. The van der Waals surface area contributed by atoms with Gasteiger partial charge in [0.2, 0.25) is 6.10 Å². The topological polar surface area (TPSA) is 92.3 Å². The number of aryl methyl sites for hydroxylation is 1. The molecule has 1 aromatic heterocycles. The van der Waals surface area contributed by atoms with Crippen LogP contribution in [0.4, 0.5) is 5.69 Å². The maximum atomic E-state index is 12.5. The van der Waals surface area contributed by atoms with Crippen LogP contribution in [0.5, 0.6) is 0 Å². The summed E-state index contributed by atoms with van der Waals surface area (Å²) in [5, 5.41) is 13.9. The number of carbonyl (C=O) groups excluding carboxylic acids is 1. The lowest BCUT2D eigenvalue weighted by atomic mass is 10.0. The largest absolute Gasteiger partial charge is 0.382 e. The first kappa shape index (κ1) is 16.0. The molecule has 0 aliphatic carbocycles. The second-order valence-corrected chi connectivity index (χ2v) is 6.02. The van der Waals surface area contributed by atoms with Gasteiger partial charge in [-0.15, -0.1) is 0 Å². The molecule has 7 heteroatoms. The Morgan fingerprint density at radius 2 is 1.96 bits per heavy atom. The number of aromatic nitrogens is 3. The van der Waals surface area contributed by atoms with Crippen LogP contribution in [0.25, 0.3) is 11.4 Å². The summed E-state index contributed by atoms with van der Waals surface area (Å²) < 4.78 is 0. The number of aromatic amines is 1. The van der Waals surface area contributed by atoms with Gasteiger partial charge in [0.1, 0.15) is 5.82 Å². The lowest BCUT2D eigenvalue weighted by Gasteiger charge is -2.10. The highest BCUT2D eigenvalue weighted by atomic mass is 16.6. The molecule has 1 atom stereocenters. The molecule has 0 fully saturated rings. The van der Waals surface area contributed by atoms with E-state index in [9.17, 15) is 4.79 Å². The summed E-state index contributed by atoms with van der Waals surface area (Å²) in [5.74, 6) is 1.09. The number of nitrogens with zero attached hydrogens (tertiary/aromatic N) is 3. The van der Waals surface area contributed by atoms with Gasteiger partial charge in [0.05, 0.1) is 5.71 Å². The van der Waals surface area contributed by atoms with Crippen molar-refractivity contribution in [1.82, 2.24) is 15.2 Å². The van der Waals surface area contributed by atoms with Gasteiger partial charge in [-0.25, -0.2) is 4.98 Å². The van der Waals surface area contributed by atoms with Crippen molar-refractivity contribution in [2.24, 2.45) is 5.16 Å². The molecule has 4 rings (SSSR count). The second kappa shape index (κ2) is 6.79. The highest BCUT2D eigenvalue weighted by Crippen LogP contribution is 2.21. The third-order valence-corrected chi connectivity index (χ3v) is 4.05. The summed E-state index contributed by atoms with van der Waals surface area (Å²) in [6.45, 7) is 1.84. The van der Waals surface area contributed by atoms with E-state index in [0.717, 1.165) is 22.7 Å². The Morgan fingerprint density at radius 3 is 2.73 bits per heavy atom. The molecule has 1 amide bonds. The first-order valence-corrected chi connectivity index (χ1v) is 8.27. The number of H-pyrrole nitrogens is 1. The Labute approximate surface area is 150 Å². The predicted octanol–water partition coefficient (Wildman–Crippen LogP) is 2.91. The van der Waals surface area contributed by atoms with Crippen molar-refractivity contribution in [2.45, 2.75) is 19.4 Å². The summed E-state index contributed by atoms with van der Waals surface area (Å²) in [6, 6.07) is 17.1. The fourth-order valence-corrected chi connectivity index (χ4v) is 2.75. The maximum Gasteiger partial charge on any atom is 0.268 e. The Hall–Kier alpha value is -3.48. The molecule has 0 bridgehead atoms. The van der Waals surface area contributed by atoms with Crippen molar-refractivity contribution >= 4 is 17.3 Å². The van der Waals surface area contributed by atoms with E-state index < -0.39 is 6.10 Å². The van der Waals surface area contributed by atoms with Gasteiger partial charge in [0.25, 0.3) is 5.91 Å². The number of hydrogen-bond acceptors (Lipinski definition) is 5. The van der Waals surface area contributed by atoms with Crippen molar-refractivity contribution in [3.8, 4) is 11.4 Å². The zero-order chi connectivity index (χ0) is 17.9. The monoisotopic (exact) mass is 347 g/mol. The summed E-state index contributed by atoms with van der Waals surface area (Å²) in [4.78, 5) is 22.1. The number of hydrogen-bond donors (Lipinski definition) is 2. The van der Waals surface area contributed by atoms with Crippen LogP contribution in [0.15, 0.2) is 59.8 Å². The van der Waals surface area contributed by atoms with Gasteiger partial charge in [-0.3, -0.25) is 9.89 Å². The molecule has 26 heavy (non-hydrogen) atoms. The highest BCUT2D eigenvalue weighted by Gasteiger charge is 2.28. The molecular weight excluding hydrogens is 330 g/mol. The van der Waals surface area contributed by atoms with Crippen LogP contribution in [-0.4, -0.2) is 32.9 Å². The van der Waals surface area contributed by atoms with E-state index in [4.69, 9.17) is 4.84 Å². The van der Waals surface area contributed by atoms with Crippen LogP contribution >= 0.6 is 0 Å². The first-order chi connectivity index (χ1) is 12.7. The average molecular weight is 347 g/mol. The Morgan fingerprint density at radius 1 is 1.15 bits per heavy atom. The molecule has 1 aliphatic heterocycles. The van der Waals surface area contributed by atoms with E-state index in [1.807, 2.05) is 61.5 Å². The van der Waals surface area contributed by atoms with Crippen LogP contribution in [0.3, 0.4) is 0 Å². The van der Waals surface area contributed by atoms with E-state index in [-0.39, 0.29) is 5.91 Å². The van der Waals surface area contributed by atoms with Gasteiger partial charge >= 0.3 is 0 Å². The smallest absolute Gasteiger partial charge is 0.268 e. The molecule has 1 aliphatic rings. The molecular formula is C19H17N5O2. The normalized spacial score (nSPS) is 16.0. The zero-order valence-corrected chi connectivity index (χ0v) is 14.1. The third kappa shape index (κ3) is 3.32. The molecule has 2 heterocycles. The fraction of sp³-hybridized carbons (Fsp3) is 0.158. The number of oxime groups is 1. The fourth-order valence-electron chi connectivity index (χ4n) is 2.75. The Bertz CT molecular complexity index is 965. The van der Waals surface area contributed by atoms with Crippen LogP contribution in [0.1, 0.15) is 17.8 Å². The number of amides is 1. The molecule has 2 aromatic carbocycles. The SMILES string of the molecule is Cc1nc(-c2cccc(NC(=O)C3CC(c4ccccc4)=NO3)c2)n[nH]1. The van der Waals surface area contributed by atoms with Gasteiger partial charge < -0.3 is 10.2 Å². The lowest BCUT2D eigenvalue weighted by molar-refractivity contribution is -0.125. The standard InChI is InChI=1S/C19H17N5O2/c1-12-20-18(23-22-12)14-8-5-9-15(10-14)21-19(25)17-11-16(24-26-17)13-6-3-2-4-7-13/h2-10,17H,11H2,1H3,(H,21,25)(H,20,22,23). The molecule has 0 spiro atoms. The van der Waals surface area contributed by atoms with Gasteiger partial charge in [0.15, 0.2) is 5.82 Å². The Kier molecular flexibility index (Phi) is 4.18. The van der Waals surface area contributed by atoms with E-state index in [2.05, 4.69) is 25.7 Å². The van der Waals surface area contributed by atoms with E-state index in [1.165, 1.54) is 0 Å². The number of anilines is 1. The molecule has 0 radical (unpaired) electrons. The van der Waals surface area contributed by atoms with Gasteiger partial charge in [-0.1, -0.05) is 47.6 Å². The highest BCUT2D eigenvalue weighted by molar-refractivity contribution is 6.06. The summed E-state index contributed by atoms with van der Waals surface area (Å²) in [5.41, 5.74) is 3.22. The van der Waals surface area contributed by atoms with Gasteiger partial charge in [0, 0.05) is 17.7 Å². The van der Waals surface area contributed by atoms with Crippen molar-refractivity contribution in [3.63, 3.8) is 0 Å². The average Bonchev–Trinajstić information content (AvgIpc) is 3.32. The van der Waals surface area contributed by atoms with Crippen LogP contribution in [0, 0.1) is 6.92 Å². The van der Waals surface area contributed by atoms with Crippen LogP contribution in [0.2, 0.25) is 0 Å². The molecule has 3 aromatic rings. The number of rotatable bonds is 4. The lowest BCUT2D eigenvalue weighted by Crippen LogP contribution is -2.28.